The van der Waals surface area contributed by atoms with Crippen LogP contribution in [0.1, 0.15) is 24.2 Å². The van der Waals surface area contributed by atoms with Crippen LogP contribution in [0.4, 0.5) is 0 Å². The Kier molecular flexibility index (Phi) is 4.35. The van der Waals surface area contributed by atoms with Gasteiger partial charge in [-0.05, 0) is 29.2 Å². The number of benzene rings is 2. The Bertz CT molecular complexity index is 546. The van der Waals surface area contributed by atoms with E-state index in [1.165, 1.54) is 0 Å². The van der Waals surface area contributed by atoms with Crippen LogP contribution in [0.2, 0.25) is 0 Å². The van der Waals surface area contributed by atoms with E-state index in [0.717, 1.165) is 11.1 Å². The average Bonchev–Trinajstić information content (AvgIpc) is 2.46. The summed E-state index contributed by atoms with van der Waals surface area (Å²) >= 11 is 0. The van der Waals surface area contributed by atoms with Crippen molar-refractivity contribution in [1.29, 1.82) is 0 Å². The fourth-order valence-corrected chi connectivity index (χ4v) is 1.87. The molecule has 0 radical (unpaired) electrons. The largest absolute Gasteiger partial charge is 0.352 e. The van der Waals surface area contributed by atoms with E-state index in [2.05, 4.69) is 19.2 Å². The highest BCUT2D eigenvalue weighted by molar-refractivity contribution is 5.95. The summed E-state index contributed by atoms with van der Waals surface area (Å²) in [5.74, 6) is 0.452. The molecule has 0 aliphatic carbocycles. The zero-order valence-electron chi connectivity index (χ0n) is 11.4. The SMILES string of the molecule is CC(C)CNC(=O)c1cccc(-c2ccccc2)c1. The van der Waals surface area contributed by atoms with Gasteiger partial charge < -0.3 is 5.32 Å². The minimum absolute atomic E-state index is 0.00789. The molecule has 0 saturated heterocycles. The summed E-state index contributed by atoms with van der Waals surface area (Å²) < 4.78 is 0. The van der Waals surface area contributed by atoms with Gasteiger partial charge in [0.25, 0.3) is 5.91 Å². The van der Waals surface area contributed by atoms with E-state index in [-0.39, 0.29) is 5.91 Å². The van der Waals surface area contributed by atoms with Crippen molar-refractivity contribution in [2.45, 2.75) is 13.8 Å². The Labute approximate surface area is 114 Å². The molecule has 1 amide bonds. The van der Waals surface area contributed by atoms with Crippen LogP contribution in [0.5, 0.6) is 0 Å². The maximum atomic E-state index is 12.0. The molecule has 0 saturated carbocycles. The van der Waals surface area contributed by atoms with Crippen molar-refractivity contribution in [3.05, 3.63) is 60.2 Å². The second-order valence-corrected chi connectivity index (χ2v) is 5.05. The van der Waals surface area contributed by atoms with Gasteiger partial charge in [0.15, 0.2) is 0 Å². The Morgan fingerprint density at radius 2 is 1.68 bits per heavy atom. The third kappa shape index (κ3) is 3.68. The van der Waals surface area contributed by atoms with Gasteiger partial charge in [0.2, 0.25) is 0 Å². The second-order valence-electron chi connectivity index (χ2n) is 5.05. The molecule has 2 aromatic carbocycles. The third-order valence-corrected chi connectivity index (χ3v) is 2.90. The van der Waals surface area contributed by atoms with Gasteiger partial charge in [-0.15, -0.1) is 0 Å². The van der Waals surface area contributed by atoms with E-state index in [9.17, 15) is 4.79 Å². The molecular formula is C17H19NO. The van der Waals surface area contributed by atoms with Crippen molar-refractivity contribution in [3.63, 3.8) is 0 Å². The fraction of sp³-hybridized carbons (Fsp3) is 0.235. The third-order valence-electron chi connectivity index (χ3n) is 2.90. The summed E-state index contributed by atoms with van der Waals surface area (Å²) in [6.07, 6.45) is 0. The normalized spacial score (nSPS) is 10.5. The fourth-order valence-electron chi connectivity index (χ4n) is 1.87. The van der Waals surface area contributed by atoms with Gasteiger partial charge in [0, 0.05) is 12.1 Å². The van der Waals surface area contributed by atoms with Crippen LogP contribution < -0.4 is 5.32 Å². The zero-order valence-corrected chi connectivity index (χ0v) is 11.4. The lowest BCUT2D eigenvalue weighted by molar-refractivity contribution is 0.0949. The zero-order chi connectivity index (χ0) is 13.7. The minimum atomic E-state index is -0.00789. The second kappa shape index (κ2) is 6.19. The molecule has 0 atom stereocenters. The number of nitrogens with one attached hydrogen (secondary N) is 1. The van der Waals surface area contributed by atoms with Gasteiger partial charge in [0.1, 0.15) is 0 Å². The Morgan fingerprint density at radius 1 is 1.00 bits per heavy atom. The van der Waals surface area contributed by atoms with Crippen molar-refractivity contribution < 1.29 is 4.79 Å². The van der Waals surface area contributed by atoms with E-state index in [4.69, 9.17) is 0 Å². The number of hydrogen-bond donors (Lipinski definition) is 1. The maximum Gasteiger partial charge on any atom is 0.251 e. The number of amides is 1. The molecule has 2 heteroatoms. The minimum Gasteiger partial charge on any atom is -0.352 e. The molecular weight excluding hydrogens is 234 g/mol. The standard InChI is InChI=1S/C17H19NO/c1-13(2)12-18-17(19)16-10-6-9-15(11-16)14-7-4-3-5-8-14/h3-11,13H,12H2,1-2H3,(H,18,19). The molecule has 0 aliphatic rings. The molecule has 2 nitrogen and oxygen atoms in total. The predicted octanol–water partition coefficient (Wildman–Crippen LogP) is 3.74. The quantitative estimate of drug-likeness (QED) is 0.883. The van der Waals surface area contributed by atoms with E-state index in [1.807, 2.05) is 54.6 Å². The van der Waals surface area contributed by atoms with Crippen LogP contribution in [0.3, 0.4) is 0 Å². The van der Waals surface area contributed by atoms with Crippen molar-refractivity contribution in [2.24, 2.45) is 5.92 Å². The lowest BCUT2D eigenvalue weighted by Crippen LogP contribution is -2.27. The van der Waals surface area contributed by atoms with E-state index >= 15 is 0 Å². The summed E-state index contributed by atoms with van der Waals surface area (Å²) in [4.78, 5) is 12.0. The molecule has 0 fully saturated rings. The molecule has 0 aromatic heterocycles. The lowest BCUT2D eigenvalue weighted by Gasteiger charge is -2.09. The van der Waals surface area contributed by atoms with Gasteiger partial charge in [0.05, 0.1) is 0 Å². The first-order chi connectivity index (χ1) is 9.16. The van der Waals surface area contributed by atoms with Gasteiger partial charge in [-0.1, -0.05) is 56.3 Å². The Hall–Kier alpha value is -2.09. The molecule has 2 aromatic rings. The molecule has 0 bridgehead atoms. The lowest BCUT2D eigenvalue weighted by atomic mass is 10.0. The van der Waals surface area contributed by atoms with Crippen LogP contribution in [-0.2, 0) is 0 Å². The van der Waals surface area contributed by atoms with Crippen LogP contribution in [-0.4, -0.2) is 12.5 Å². The first kappa shape index (κ1) is 13.3. The Morgan fingerprint density at radius 3 is 2.37 bits per heavy atom. The van der Waals surface area contributed by atoms with Gasteiger partial charge in [-0.25, -0.2) is 0 Å². The van der Waals surface area contributed by atoms with Crippen LogP contribution in [0.15, 0.2) is 54.6 Å². The van der Waals surface area contributed by atoms with Gasteiger partial charge >= 0.3 is 0 Å². The predicted molar refractivity (Wildman–Crippen MR) is 79.0 cm³/mol. The number of rotatable bonds is 4. The molecule has 98 valence electrons. The molecule has 0 spiro atoms. The van der Waals surface area contributed by atoms with E-state index in [1.54, 1.807) is 0 Å². The first-order valence-electron chi connectivity index (χ1n) is 6.60. The maximum absolute atomic E-state index is 12.0. The molecule has 0 heterocycles. The highest BCUT2D eigenvalue weighted by atomic mass is 16.1. The molecule has 1 N–H and O–H groups in total. The van der Waals surface area contributed by atoms with Crippen LogP contribution >= 0.6 is 0 Å². The monoisotopic (exact) mass is 253 g/mol. The first-order valence-corrected chi connectivity index (χ1v) is 6.60. The summed E-state index contributed by atoms with van der Waals surface area (Å²) in [5, 5.41) is 2.94. The molecule has 0 aliphatic heterocycles. The van der Waals surface area contributed by atoms with Crippen molar-refractivity contribution in [3.8, 4) is 11.1 Å². The van der Waals surface area contributed by atoms with E-state index < -0.39 is 0 Å². The highest BCUT2D eigenvalue weighted by Gasteiger charge is 2.07. The van der Waals surface area contributed by atoms with Gasteiger partial charge in [-0.3, -0.25) is 4.79 Å². The van der Waals surface area contributed by atoms with Crippen molar-refractivity contribution in [1.82, 2.24) is 5.32 Å². The molecule has 19 heavy (non-hydrogen) atoms. The van der Waals surface area contributed by atoms with Crippen LogP contribution in [0.25, 0.3) is 11.1 Å². The summed E-state index contributed by atoms with van der Waals surface area (Å²) in [5.41, 5.74) is 2.90. The van der Waals surface area contributed by atoms with Crippen LogP contribution in [0, 0.1) is 5.92 Å². The molecule has 2 rings (SSSR count). The smallest absolute Gasteiger partial charge is 0.251 e. The Balaban J connectivity index is 2.18. The highest BCUT2D eigenvalue weighted by Crippen LogP contribution is 2.19. The average molecular weight is 253 g/mol. The molecule has 0 unspecified atom stereocenters. The number of hydrogen-bond acceptors (Lipinski definition) is 1. The van der Waals surface area contributed by atoms with Crippen molar-refractivity contribution >= 4 is 5.91 Å². The number of carbonyl (C=O) groups is 1. The summed E-state index contributed by atoms with van der Waals surface area (Å²) in [6.45, 7) is 4.87. The topological polar surface area (TPSA) is 29.1 Å². The van der Waals surface area contributed by atoms with E-state index in [0.29, 0.717) is 18.0 Å². The number of carbonyl (C=O) groups excluding carboxylic acids is 1. The van der Waals surface area contributed by atoms with Crippen molar-refractivity contribution in [2.75, 3.05) is 6.54 Å². The summed E-state index contributed by atoms with van der Waals surface area (Å²) in [6, 6.07) is 17.8. The van der Waals surface area contributed by atoms with Gasteiger partial charge in [-0.2, -0.15) is 0 Å². The summed E-state index contributed by atoms with van der Waals surface area (Å²) in [7, 11) is 0.